The van der Waals surface area contributed by atoms with Crippen LogP contribution in [-0.2, 0) is 11.5 Å². The quantitative estimate of drug-likeness (QED) is 0.266. The third kappa shape index (κ3) is 2.80. The van der Waals surface area contributed by atoms with Gasteiger partial charge in [0.1, 0.15) is 6.73 Å². The largest absolute Gasteiger partial charge is 0.360 e. The molecule has 0 aliphatic carbocycles. The summed E-state index contributed by atoms with van der Waals surface area (Å²) < 4.78 is 10.3. The molecule has 1 heterocycles. The number of nitrogens with zero attached hydrogens (tertiary/aromatic N) is 1. The fourth-order valence-corrected chi connectivity index (χ4v) is 3.49. The number of hydrogen-bond donors (Lipinski definition) is 0. The Morgan fingerprint density at radius 3 is 2.00 bits per heavy atom. The summed E-state index contributed by atoms with van der Waals surface area (Å²) in [5, 5.41) is 2.56. The van der Waals surface area contributed by atoms with E-state index in [0.29, 0.717) is 19.2 Å². The molecule has 3 aromatic rings. The van der Waals surface area contributed by atoms with Crippen molar-refractivity contribution in [2.75, 3.05) is 12.5 Å². The van der Waals surface area contributed by atoms with E-state index in [0.717, 1.165) is 0 Å². The molecular weight excluding hydrogens is 499 g/mol. The highest BCUT2D eigenvalue weighted by Crippen LogP contribution is 2.31. The average molecular weight is 512 g/mol. The first-order valence-electron chi connectivity index (χ1n) is 6.21. The molecule has 0 spiro atoms. The first kappa shape index (κ1) is 14.9. The maximum absolute atomic E-state index is 5.68. The van der Waals surface area contributed by atoms with Crippen molar-refractivity contribution >= 4 is 78.6 Å². The van der Waals surface area contributed by atoms with E-state index in [2.05, 4.69) is 86.1 Å². The van der Waals surface area contributed by atoms with Crippen molar-refractivity contribution < 1.29 is 4.74 Å². The van der Waals surface area contributed by atoms with Crippen molar-refractivity contribution in [3.05, 3.63) is 43.5 Å². The molecule has 20 heavy (non-hydrogen) atoms. The molecule has 0 bridgehead atoms. The Bertz CT molecular complexity index is 710. The second-order valence-corrected chi connectivity index (χ2v) is 7.35. The molecule has 2 nitrogen and oxygen atoms in total. The summed E-state index contributed by atoms with van der Waals surface area (Å²) in [4.78, 5) is 0. The average Bonchev–Trinajstić information content (AvgIpc) is 2.72. The number of halogens is 3. The number of aromatic nitrogens is 1. The Labute approximate surface area is 149 Å². The fourth-order valence-electron chi connectivity index (χ4n) is 2.40. The second-order valence-electron chi connectivity index (χ2n) is 4.48. The Morgan fingerprint density at radius 1 is 0.950 bits per heavy atom. The predicted molar refractivity (Wildman–Crippen MR) is 102 cm³/mol. The number of fused-ring (bicyclic) bond motifs is 3. The number of hydrogen-bond acceptors (Lipinski definition) is 1. The van der Waals surface area contributed by atoms with Crippen LogP contribution in [0.5, 0.6) is 0 Å². The molecule has 1 aromatic heterocycles. The van der Waals surface area contributed by atoms with Gasteiger partial charge in [0.15, 0.2) is 0 Å². The van der Waals surface area contributed by atoms with Crippen LogP contribution >= 0.6 is 56.8 Å². The van der Waals surface area contributed by atoms with Crippen LogP contribution in [0.25, 0.3) is 21.8 Å². The Morgan fingerprint density at radius 2 is 1.50 bits per heavy atom. The maximum Gasteiger partial charge on any atom is 0.123 e. The lowest BCUT2D eigenvalue weighted by Gasteiger charge is -2.07. The summed E-state index contributed by atoms with van der Waals surface area (Å²) >= 11 is 10.4. The molecule has 0 radical (unpaired) electrons. The zero-order valence-corrected chi connectivity index (χ0v) is 15.6. The van der Waals surface area contributed by atoms with Gasteiger partial charge in [-0.3, -0.25) is 0 Å². The van der Waals surface area contributed by atoms with E-state index >= 15 is 0 Å². The van der Waals surface area contributed by atoms with Gasteiger partial charge in [-0.1, -0.05) is 0 Å². The van der Waals surface area contributed by atoms with E-state index < -0.39 is 0 Å². The smallest absolute Gasteiger partial charge is 0.123 e. The SMILES string of the molecule is ClCCOCn1c2ccc(I)cc2c2cc(I)ccc21. The van der Waals surface area contributed by atoms with E-state index in [-0.39, 0.29) is 0 Å². The first-order chi connectivity index (χ1) is 9.70. The van der Waals surface area contributed by atoms with E-state index in [9.17, 15) is 0 Å². The highest BCUT2D eigenvalue weighted by molar-refractivity contribution is 14.1. The lowest BCUT2D eigenvalue weighted by Crippen LogP contribution is -2.04. The highest BCUT2D eigenvalue weighted by Gasteiger charge is 2.11. The van der Waals surface area contributed by atoms with Gasteiger partial charge < -0.3 is 9.30 Å². The van der Waals surface area contributed by atoms with Crippen molar-refractivity contribution in [2.45, 2.75) is 6.73 Å². The second kappa shape index (κ2) is 6.37. The molecule has 2 aromatic carbocycles. The summed E-state index contributed by atoms with van der Waals surface area (Å²) in [5.41, 5.74) is 2.41. The molecule has 0 saturated carbocycles. The van der Waals surface area contributed by atoms with Gasteiger partial charge in [0.2, 0.25) is 0 Å². The molecule has 5 heteroatoms. The van der Waals surface area contributed by atoms with Crippen molar-refractivity contribution in [3.8, 4) is 0 Å². The normalized spacial score (nSPS) is 11.6. The van der Waals surface area contributed by atoms with Crippen LogP contribution in [0.3, 0.4) is 0 Å². The van der Waals surface area contributed by atoms with E-state index in [1.807, 2.05) is 0 Å². The molecule has 0 aliphatic heterocycles. The molecule has 0 aliphatic rings. The summed E-state index contributed by atoms with van der Waals surface area (Å²) in [7, 11) is 0. The van der Waals surface area contributed by atoms with Gasteiger partial charge in [0.25, 0.3) is 0 Å². The van der Waals surface area contributed by atoms with Crippen LogP contribution < -0.4 is 0 Å². The molecule has 0 amide bonds. The molecular formula is C15H12ClI2NO. The van der Waals surface area contributed by atoms with Gasteiger partial charge in [-0.25, -0.2) is 0 Å². The van der Waals surface area contributed by atoms with E-state index in [1.165, 1.54) is 28.9 Å². The fraction of sp³-hybridized carbons (Fsp3) is 0.200. The molecule has 0 fully saturated rings. The van der Waals surface area contributed by atoms with Gasteiger partial charge in [-0.05, 0) is 81.6 Å². The van der Waals surface area contributed by atoms with Gasteiger partial charge in [0, 0.05) is 23.8 Å². The Kier molecular flexibility index (Phi) is 4.74. The Hall–Kier alpha value is -0.0500. The first-order valence-corrected chi connectivity index (χ1v) is 8.90. The maximum atomic E-state index is 5.68. The van der Waals surface area contributed by atoms with Gasteiger partial charge in [-0.2, -0.15) is 0 Å². The molecule has 0 unspecified atom stereocenters. The van der Waals surface area contributed by atoms with Crippen molar-refractivity contribution in [2.24, 2.45) is 0 Å². The summed E-state index contributed by atoms with van der Waals surface area (Å²) in [5.74, 6) is 0.521. The lowest BCUT2D eigenvalue weighted by atomic mass is 10.2. The van der Waals surface area contributed by atoms with Gasteiger partial charge >= 0.3 is 0 Å². The molecule has 0 atom stereocenters. The zero-order chi connectivity index (χ0) is 14.1. The summed E-state index contributed by atoms with van der Waals surface area (Å²) in [6, 6.07) is 13.0. The lowest BCUT2D eigenvalue weighted by molar-refractivity contribution is 0.0951. The van der Waals surface area contributed by atoms with Crippen LogP contribution in [-0.4, -0.2) is 17.1 Å². The molecule has 3 rings (SSSR count). The Balaban J connectivity index is 2.23. The minimum atomic E-state index is 0.521. The van der Waals surface area contributed by atoms with Crippen LogP contribution in [0.2, 0.25) is 0 Å². The van der Waals surface area contributed by atoms with Gasteiger partial charge in [-0.15, -0.1) is 11.6 Å². The molecule has 0 saturated heterocycles. The zero-order valence-electron chi connectivity index (χ0n) is 10.6. The number of ether oxygens (including phenoxy) is 1. The summed E-state index contributed by atoms with van der Waals surface area (Å²) in [6.07, 6.45) is 0. The van der Waals surface area contributed by atoms with Crippen LogP contribution in [0, 0.1) is 7.14 Å². The van der Waals surface area contributed by atoms with Crippen LogP contribution in [0.4, 0.5) is 0 Å². The van der Waals surface area contributed by atoms with Gasteiger partial charge in [0.05, 0.1) is 17.6 Å². The standard InChI is InChI=1S/C15H12ClI2NO/c16-5-6-20-9-19-14-3-1-10(17)7-12(14)13-8-11(18)2-4-15(13)19/h1-4,7-8H,5-6,9H2. The number of benzene rings is 2. The van der Waals surface area contributed by atoms with E-state index in [4.69, 9.17) is 16.3 Å². The van der Waals surface area contributed by atoms with E-state index in [1.54, 1.807) is 0 Å². The van der Waals surface area contributed by atoms with Crippen LogP contribution in [0.1, 0.15) is 0 Å². The van der Waals surface area contributed by atoms with Crippen molar-refractivity contribution in [1.29, 1.82) is 0 Å². The number of rotatable bonds is 4. The monoisotopic (exact) mass is 511 g/mol. The van der Waals surface area contributed by atoms with Crippen molar-refractivity contribution in [3.63, 3.8) is 0 Å². The van der Waals surface area contributed by atoms with Crippen LogP contribution in [0.15, 0.2) is 36.4 Å². The third-order valence-corrected chi connectivity index (χ3v) is 4.73. The predicted octanol–water partition coefficient (Wildman–Crippen LogP) is 5.22. The summed E-state index contributed by atoms with van der Waals surface area (Å²) in [6.45, 7) is 1.10. The molecule has 104 valence electrons. The minimum Gasteiger partial charge on any atom is -0.360 e. The third-order valence-electron chi connectivity index (χ3n) is 3.23. The highest BCUT2D eigenvalue weighted by atomic mass is 127. The van der Waals surface area contributed by atoms with Crippen molar-refractivity contribution in [1.82, 2.24) is 4.57 Å². The number of alkyl halides is 1. The minimum absolute atomic E-state index is 0.521. The topological polar surface area (TPSA) is 14.2 Å². The molecule has 0 N–H and O–H groups in total.